The zero-order valence-electron chi connectivity index (χ0n) is 13.0. The van der Waals surface area contributed by atoms with Crippen LogP contribution in [0.15, 0.2) is 30.7 Å². The Balaban J connectivity index is 1.50. The molecular formula is C15H20N6O2. The fourth-order valence-corrected chi connectivity index (χ4v) is 2.41. The minimum atomic E-state index is -0.280. The molecule has 122 valence electrons. The van der Waals surface area contributed by atoms with Crippen molar-refractivity contribution in [2.24, 2.45) is 0 Å². The van der Waals surface area contributed by atoms with Gasteiger partial charge >= 0.3 is 6.03 Å². The zero-order valence-corrected chi connectivity index (χ0v) is 13.0. The molecule has 1 aliphatic heterocycles. The molecule has 0 bridgehead atoms. The Morgan fingerprint density at radius 3 is 3.09 bits per heavy atom. The first-order valence-corrected chi connectivity index (χ1v) is 7.56. The first-order valence-electron chi connectivity index (χ1n) is 7.56. The second-order valence-corrected chi connectivity index (χ2v) is 5.45. The molecule has 2 aromatic rings. The molecule has 8 heteroatoms. The van der Waals surface area contributed by atoms with Gasteiger partial charge in [0.15, 0.2) is 0 Å². The topological polar surface area (TPSA) is 95.2 Å². The predicted octanol–water partition coefficient (Wildman–Crippen LogP) is 1.35. The number of nitrogens with zero attached hydrogens (tertiary/aromatic N) is 3. The number of carbonyl (C=O) groups is 1. The van der Waals surface area contributed by atoms with Gasteiger partial charge in [-0.15, -0.1) is 0 Å². The molecule has 0 spiro atoms. The number of morpholine rings is 1. The van der Waals surface area contributed by atoms with Crippen LogP contribution in [0.1, 0.15) is 12.5 Å². The van der Waals surface area contributed by atoms with Crippen molar-refractivity contribution in [1.29, 1.82) is 0 Å². The summed E-state index contributed by atoms with van der Waals surface area (Å²) in [6.45, 7) is 4.89. The summed E-state index contributed by atoms with van der Waals surface area (Å²) in [5.74, 6) is 0.937. The summed E-state index contributed by atoms with van der Waals surface area (Å²) in [6, 6.07) is 3.67. The van der Waals surface area contributed by atoms with Crippen LogP contribution in [0.2, 0.25) is 0 Å². The molecule has 23 heavy (non-hydrogen) atoms. The first kappa shape index (κ1) is 15.3. The van der Waals surface area contributed by atoms with E-state index in [1.165, 1.54) is 0 Å². The normalized spacial score (nSPS) is 17.8. The number of rotatable bonds is 4. The molecule has 1 fully saturated rings. The van der Waals surface area contributed by atoms with E-state index in [0.29, 0.717) is 12.2 Å². The highest BCUT2D eigenvalue weighted by Crippen LogP contribution is 2.15. The first-order chi connectivity index (χ1) is 11.2. The molecule has 0 radical (unpaired) electrons. The minimum absolute atomic E-state index is 0.221. The van der Waals surface area contributed by atoms with Crippen LogP contribution >= 0.6 is 0 Å². The molecule has 8 nitrogen and oxygen atoms in total. The Morgan fingerprint density at radius 1 is 1.48 bits per heavy atom. The third-order valence-corrected chi connectivity index (χ3v) is 3.58. The Bertz CT molecular complexity index is 628. The second kappa shape index (κ2) is 7.10. The Kier molecular flexibility index (Phi) is 4.72. The van der Waals surface area contributed by atoms with Gasteiger partial charge in [0.2, 0.25) is 0 Å². The lowest BCUT2D eigenvalue weighted by molar-refractivity contribution is 0.0529. The molecule has 0 unspecified atom stereocenters. The van der Waals surface area contributed by atoms with Gasteiger partial charge < -0.3 is 20.3 Å². The third-order valence-electron chi connectivity index (χ3n) is 3.58. The van der Waals surface area contributed by atoms with Crippen molar-refractivity contribution < 1.29 is 9.53 Å². The molecule has 3 N–H and O–H groups in total. The van der Waals surface area contributed by atoms with Crippen molar-refractivity contribution in [2.45, 2.75) is 19.6 Å². The molecule has 2 amide bonds. The number of anilines is 2. The monoisotopic (exact) mass is 316 g/mol. The molecule has 1 aliphatic rings. The average molecular weight is 316 g/mol. The lowest BCUT2D eigenvalue weighted by Gasteiger charge is -2.32. The third kappa shape index (κ3) is 4.19. The number of urea groups is 1. The standard InChI is InChI=1S/C15H20N6O2/c1-11-10-21(4-5-23-11)14-3-2-12(6-16-14)7-17-15(22)20-13-8-18-19-9-13/h2-3,6,8-9,11H,4-5,7,10H2,1H3,(H,18,19)(H2,17,20,22)/t11-/m1/s1. The second-order valence-electron chi connectivity index (χ2n) is 5.45. The van der Waals surface area contributed by atoms with E-state index in [9.17, 15) is 4.79 Å². The number of aromatic nitrogens is 3. The number of amides is 2. The lowest BCUT2D eigenvalue weighted by atomic mass is 10.2. The molecule has 2 aromatic heterocycles. The van der Waals surface area contributed by atoms with Crippen molar-refractivity contribution in [3.8, 4) is 0 Å². The number of pyridine rings is 1. The Morgan fingerprint density at radius 2 is 2.39 bits per heavy atom. The summed E-state index contributed by atoms with van der Waals surface area (Å²) >= 11 is 0. The molecular weight excluding hydrogens is 296 g/mol. The number of carbonyl (C=O) groups excluding carboxylic acids is 1. The number of hydrogen-bond donors (Lipinski definition) is 3. The summed E-state index contributed by atoms with van der Waals surface area (Å²) in [4.78, 5) is 18.4. The zero-order chi connectivity index (χ0) is 16.1. The molecule has 1 atom stereocenters. The molecule has 0 aromatic carbocycles. The summed E-state index contributed by atoms with van der Waals surface area (Å²) in [5, 5.41) is 11.8. The fraction of sp³-hybridized carbons (Fsp3) is 0.400. The average Bonchev–Trinajstić information content (AvgIpc) is 3.06. The van der Waals surface area contributed by atoms with Crippen molar-refractivity contribution in [2.75, 3.05) is 29.9 Å². The maximum absolute atomic E-state index is 11.7. The van der Waals surface area contributed by atoms with Gasteiger partial charge in [0.05, 0.1) is 24.6 Å². The van der Waals surface area contributed by atoms with Crippen LogP contribution in [-0.4, -0.2) is 47.0 Å². The largest absolute Gasteiger partial charge is 0.375 e. The highest BCUT2D eigenvalue weighted by molar-refractivity contribution is 5.88. The van der Waals surface area contributed by atoms with E-state index in [1.807, 2.05) is 12.1 Å². The van der Waals surface area contributed by atoms with Crippen LogP contribution < -0.4 is 15.5 Å². The van der Waals surface area contributed by atoms with E-state index in [0.717, 1.165) is 31.1 Å². The van der Waals surface area contributed by atoms with Gasteiger partial charge in [0, 0.05) is 32.0 Å². The quantitative estimate of drug-likeness (QED) is 0.791. The van der Waals surface area contributed by atoms with Gasteiger partial charge in [-0.1, -0.05) is 6.07 Å². The number of hydrogen-bond acceptors (Lipinski definition) is 5. The van der Waals surface area contributed by atoms with E-state index >= 15 is 0 Å². The van der Waals surface area contributed by atoms with Crippen LogP contribution in [0.5, 0.6) is 0 Å². The number of aromatic amines is 1. The number of ether oxygens (including phenoxy) is 1. The maximum atomic E-state index is 11.7. The Labute approximate surface area is 134 Å². The minimum Gasteiger partial charge on any atom is -0.375 e. The van der Waals surface area contributed by atoms with Crippen LogP contribution in [0.4, 0.5) is 16.3 Å². The lowest BCUT2D eigenvalue weighted by Crippen LogP contribution is -2.41. The maximum Gasteiger partial charge on any atom is 0.319 e. The van der Waals surface area contributed by atoms with Gasteiger partial charge in [-0.2, -0.15) is 5.10 Å². The van der Waals surface area contributed by atoms with Gasteiger partial charge in [0.1, 0.15) is 5.82 Å². The fourth-order valence-electron chi connectivity index (χ4n) is 2.41. The van der Waals surface area contributed by atoms with Crippen LogP contribution in [0.25, 0.3) is 0 Å². The summed E-state index contributed by atoms with van der Waals surface area (Å²) in [5.41, 5.74) is 1.56. The van der Waals surface area contributed by atoms with Gasteiger partial charge in [-0.3, -0.25) is 5.10 Å². The predicted molar refractivity (Wildman–Crippen MR) is 86.3 cm³/mol. The van der Waals surface area contributed by atoms with Crippen molar-refractivity contribution in [3.05, 3.63) is 36.3 Å². The number of H-pyrrole nitrogens is 1. The van der Waals surface area contributed by atoms with Crippen molar-refractivity contribution in [3.63, 3.8) is 0 Å². The van der Waals surface area contributed by atoms with Gasteiger partial charge in [0.25, 0.3) is 0 Å². The van der Waals surface area contributed by atoms with Gasteiger partial charge in [-0.05, 0) is 18.6 Å². The molecule has 0 saturated carbocycles. The summed E-state index contributed by atoms with van der Waals surface area (Å²) < 4.78 is 5.53. The van der Waals surface area contributed by atoms with Gasteiger partial charge in [-0.25, -0.2) is 9.78 Å². The smallest absolute Gasteiger partial charge is 0.319 e. The molecule has 1 saturated heterocycles. The van der Waals surface area contributed by atoms with Crippen molar-refractivity contribution >= 4 is 17.5 Å². The van der Waals surface area contributed by atoms with E-state index < -0.39 is 0 Å². The highest BCUT2D eigenvalue weighted by atomic mass is 16.5. The summed E-state index contributed by atoms with van der Waals surface area (Å²) in [6.07, 6.45) is 5.16. The highest BCUT2D eigenvalue weighted by Gasteiger charge is 2.17. The van der Waals surface area contributed by atoms with E-state index in [-0.39, 0.29) is 12.1 Å². The molecule has 3 heterocycles. The molecule has 0 aliphatic carbocycles. The van der Waals surface area contributed by atoms with Crippen molar-refractivity contribution in [1.82, 2.24) is 20.5 Å². The van der Waals surface area contributed by atoms with E-state index in [4.69, 9.17) is 4.74 Å². The van der Waals surface area contributed by atoms with Crippen LogP contribution in [-0.2, 0) is 11.3 Å². The van der Waals surface area contributed by atoms with E-state index in [1.54, 1.807) is 18.6 Å². The SMILES string of the molecule is C[C@@H]1CN(c2ccc(CNC(=O)Nc3cn[nH]c3)cn2)CCO1. The number of nitrogens with one attached hydrogen (secondary N) is 3. The summed E-state index contributed by atoms with van der Waals surface area (Å²) in [7, 11) is 0. The Hall–Kier alpha value is -2.61. The van der Waals surface area contributed by atoms with E-state index in [2.05, 4.69) is 37.6 Å². The molecule has 3 rings (SSSR count). The van der Waals surface area contributed by atoms with Crippen LogP contribution in [0, 0.1) is 0 Å². The van der Waals surface area contributed by atoms with Crippen LogP contribution in [0.3, 0.4) is 0 Å².